The highest BCUT2D eigenvalue weighted by Crippen LogP contribution is 2.16. The first-order valence-corrected chi connectivity index (χ1v) is 5.92. The van der Waals surface area contributed by atoms with Crippen LogP contribution in [0.5, 0.6) is 0 Å². The van der Waals surface area contributed by atoms with E-state index < -0.39 is 17.5 Å². The Balaban J connectivity index is 2.05. The number of rotatable bonds is 3. The van der Waals surface area contributed by atoms with Gasteiger partial charge in [-0.05, 0) is 35.9 Å². The number of nitrogens with one attached hydrogen (secondary N) is 1. The summed E-state index contributed by atoms with van der Waals surface area (Å²) in [6.45, 7) is 0. The second-order valence-corrected chi connectivity index (χ2v) is 4.41. The molecule has 19 heavy (non-hydrogen) atoms. The van der Waals surface area contributed by atoms with Gasteiger partial charge in [-0.3, -0.25) is 4.79 Å². The highest BCUT2D eigenvalue weighted by atomic mass is 35.5. The van der Waals surface area contributed by atoms with Crippen molar-refractivity contribution in [2.75, 3.05) is 5.32 Å². The zero-order valence-corrected chi connectivity index (χ0v) is 10.5. The Labute approximate surface area is 114 Å². The van der Waals surface area contributed by atoms with Crippen molar-refractivity contribution in [1.29, 1.82) is 0 Å². The molecule has 2 nitrogen and oxygen atoms in total. The molecule has 1 N–H and O–H groups in total. The standard InChI is InChI=1S/C14H10ClF2NO/c15-10-5-4-9(13(17)7-10)6-14(19)18-12-3-1-2-11(16)8-12/h1-5,7-8H,6H2,(H,18,19). The molecule has 98 valence electrons. The summed E-state index contributed by atoms with van der Waals surface area (Å²) in [4.78, 5) is 11.7. The molecule has 2 aromatic carbocycles. The minimum absolute atomic E-state index is 0.139. The van der Waals surface area contributed by atoms with Crippen LogP contribution in [0.25, 0.3) is 0 Å². The zero-order valence-electron chi connectivity index (χ0n) is 9.79. The number of hydrogen-bond donors (Lipinski definition) is 1. The molecule has 0 saturated heterocycles. The Morgan fingerprint density at radius 3 is 2.63 bits per heavy atom. The molecular weight excluding hydrogens is 272 g/mol. The second-order valence-electron chi connectivity index (χ2n) is 3.97. The Morgan fingerprint density at radius 2 is 1.95 bits per heavy atom. The van der Waals surface area contributed by atoms with Crippen molar-refractivity contribution in [1.82, 2.24) is 0 Å². The first-order chi connectivity index (χ1) is 9.04. The normalized spacial score (nSPS) is 10.3. The van der Waals surface area contributed by atoms with E-state index in [-0.39, 0.29) is 17.0 Å². The fourth-order valence-corrected chi connectivity index (χ4v) is 1.77. The topological polar surface area (TPSA) is 29.1 Å². The number of carbonyl (C=O) groups excluding carboxylic acids is 1. The lowest BCUT2D eigenvalue weighted by Gasteiger charge is -2.06. The fraction of sp³-hybridized carbons (Fsp3) is 0.0714. The SMILES string of the molecule is O=C(Cc1ccc(Cl)cc1F)Nc1cccc(F)c1. The molecule has 0 saturated carbocycles. The van der Waals surface area contributed by atoms with Crippen LogP contribution in [-0.2, 0) is 11.2 Å². The van der Waals surface area contributed by atoms with Crippen molar-refractivity contribution in [3.63, 3.8) is 0 Å². The third-order valence-electron chi connectivity index (χ3n) is 2.47. The van der Waals surface area contributed by atoms with Gasteiger partial charge in [0.2, 0.25) is 5.91 Å². The molecule has 0 aliphatic heterocycles. The van der Waals surface area contributed by atoms with E-state index in [9.17, 15) is 13.6 Å². The molecule has 2 aromatic rings. The predicted molar refractivity (Wildman–Crippen MR) is 70.1 cm³/mol. The van der Waals surface area contributed by atoms with Crippen molar-refractivity contribution in [3.05, 3.63) is 64.7 Å². The van der Waals surface area contributed by atoms with E-state index in [4.69, 9.17) is 11.6 Å². The zero-order chi connectivity index (χ0) is 13.8. The molecule has 0 spiro atoms. The Morgan fingerprint density at radius 1 is 1.16 bits per heavy atom. The van der Waals surface area contributed by atoms with Crippen LogP contribution < -0.4 is 5.32 Å². The first kappa shape index (κ1) is 13.5. The van der Waals surface area contributed by atoms with Crippen LogP contribution >= 0.6 is 11.6 Å². The van der Waals surface area contributed by atoms with Crippen LogP contribution in [0.2, 0.25) is 5.02 Å². The van der Waals surface area contributed by atoms with E-state index in [2.05, 4.69) is 5.32 Å². The van der Waals surface area contributed by atoms with Crippen LogP contribution in [-0.4, -0.2) is 5.91 Å². The molecule has 0 radical (unpaired) electrons. The van der Waals surface area contributed by atoms with Gasteiger partial charge in [-0.1, -0.05) is 23.7 Å². The molecule has 0 bridgehead atoms. The predicted octanol–water partition coefficient (Wildman–Crippen LogP) is 3.80. The van der Waals surface area contributed by atoms with Gasteiger partial charge in [0.25, 0.3) is 0 Å². The Hall–Kier alpha value is -1.94. The molecule has 1 amide bonds. The summed E-state index contributed by atoms with van der Waals surface area (Å²) in [5.41, 5.74) is 0.567. The van der Waals surface area contributed by atoms with Crippen LogP contribution in [0.1, 0.15) is 5.56 Å². The summed E-state index contributed by atoms with van der Waals surface area (Å²) in [6, 6.07) is 9.60. The maximum Gasteiger partial charge on any atom is 0.228 e. The smallest absolute Gasteiger partial charge is 0.228 e. The maximum atomic E-state index is 13.5. The summed E-state index contributed by atoms with van der Waals surface area (Å²) in [7, 11) is 0. The molecule has 5 heteroatoms. The van der Waals surface area contributed by atoms with E-state index in [1.807, 2.05) is 0 Å². The maximum absolute atomic E-state index is 13.5. The first-order valence-electron chi connectivity index (χ1n) is 5.54. The largest absolute Gasteiger partial charge is 0.326 e. The minimum atomic E-state index is -0.540. The number of hydrogen-bond acceptors (Lipinski definition) is 1. The summed E-state index contributed by atoms with van der Waals surface area (Å²) in [6.07, 6.45) is -0.139. The number of benzene rings is 2. The number of carbonyl (C=O) groups is 1. The third-order valence-corrected chi connectivity index (χ3v) is 2.71. The van der Waals surface area contributed by atoms with Gasteiger partial charge in [0.15, 0.2) is 0 Å². The number of halogens is 3. The van der Waals surface area contributed by atoms with Crippen molar-refractivity contribution >= 4 is 23.2 Å². The lowest BCUT2D eigenvalue weighted by Crippen LogP contribution is -2.15. The number of anilines is 1. The van der Waals surface area contributed by atoms with Gasteiger partial charge in [0.1, 0.15) is 11.6 Å². The van der Waals surface area contributed by atoms with Gasteiger partial charge < -0.3 is 5.32 Å². The van der Waals surface area contributed by atoms with Crippen molar-refractivity contribution < 1.29 is 13.6 Å². The summed E-state index contributed by atoms with van der Waals surface area (Å²) in [5, 5.41) is 2.76. The molecular formula is C14H10ClF2NO. The van der Waals surface area contributed by atoms with Crippen molar-refractivity contribution in [2.45, 2.75) is 6.42 Å². The molecule has 0 aliphatic carbocycles. The number of amides is 1. The average molecular weight is 282 g/mol. The monoisotopic (exact) mass is 281 g/mol. The average Bonchev–Trinajstić information content (AvgIpc) is 2.33. The van der Waals surface area contributed by atoms with E-state index in [1.165, 1.54) is 30.3 Å². The molecule has 0 aliphatic rings. The molecule has 0 atom stereocenters. The van der Waals surface area contributed by atoms with Gasteiger partial charge in [0.05, 0.1) is 6.42 Å². The van der Waals surface area contributed by atoms with Gasteiger partial charge in [-0.2, -0.15) is 0 Å². The van der Waals surface area contributed by atoms with E-state index in [0.717, 1.165) is 6.07 Å². The Kier molecular flexibility index (Phi) is 4.12. The van der Waals surface area contributed by atoms with E-state index in [1.54, 1.807) is 6.07 Å². The van der Waals surface area contributed by atoms with Crippen LogP contribution in [0.3, 0.4) is 0 Å². The van der Waals surface area contributed by atoms with Crippen molar-refractivity contribution in [2.24, 2.45) is 0 Å². The van der Waals surface area contributed by atoms with Gasteiger partial charge in [-0.15, -0.1) is 0 Å². The van der Waals surface area contributed by atoms with Gasteiger partial charge in [-0.25, -0.2) is 8.78 Å². The van der Waals surface area contributed by atoms with Crippen LogP contribution in [0.4, 0.5) is 14.5 Å². The van der Waals surface area contributed by atoms with Crippen LogP contribution in [0, 0.1) is 11.6 Å². The van der Waals surface area contributed by atoms with Gasteiger partial charge >= 0.3 is 0 Å². The highest BCUT2D eigenvalue weighted by molar-refractivity contribution is 6.30. The second kappa shape index (κ2) is 5.80. The van der Waals surface area contributed by atoms with Gasteiger partial charge in [0, 0.05) is 10.7 Å². The quantitative estimate of drug-likeness (QED) is 0.911. The molecule has 2 rings (SSSR count). The van der Waals surface area contributed by atoms with Crippen LogP contribution in [0.15, 0.2) is 42.5 Å². The fourth-order valence-electron chi connectivity index (χ4n) is 1.61. The molecule has 0 aromatic heterocycles. The lowest BCUT2D eigenvalue weighted by atomic mass is 10.1. The van der Waals surface area contributed by atoms with E-state index >= 15 is 0 Å². The summed E-state index contributed by atoms with van der Waals surface area (Å²) < 4.78 is 26.4. The summed E-state index contributed by atoms with van der Waals surface area (Å²) in [5.74, 6) is -1.41. The molecule has 0 heterocycles. The Bertz CT molecular complexity index is 616. The molecule has 0 fully saturated rings. The third kappa shape index (κ3) is 3.76. The minimum Gasteiger partial charge on any atom is -0.326 e. The highest BCUT2D eigenvalue weighted by Gasteiger charge is 2.09. The molecule has 0 unspecified atom stereocenters. The lowest BCUT2D eigenvalue weighted by molar-refractivity contribution is -0.115. The van der Waals surface area contributed by atoms with Crippen molar-refractivity contribution in [3.8, 4) is 0 Å². The van der Waals surface area contributed by atoms with E-state index in [0.29, 0.717) is 5.69 Å². The summed E-state index contributed by atoms with van der Waals surface area (Å²) >= 11 is 5.62.